The van der Waals surface area contributed by atoms with Gasteiger partial charge in [-0.3, -0.25) is 4.79 Å². The summed E-state index contributed by atoms with van der Waals surface area (Å²) >= 11 is 0. The first-order chi connectivity index (χ1) is 11.5. The standard InChI is InChI=1S/C20H33NO4/c1-6-11-20(5,12-7-8-18(24)25-19(2,3)4)21-14-15-9-10-16(22)17(23)13-15/h9-10,13,21-23H,6-8,11-12,14H2,1-5H3. The highest BCUT2D eigenvalue weighted by atomic mass is 16.6. The smallest absolute Gasteiger partial charge is 0.306 e. The van der Waals surface area contributed by atoms with Crippen molar-refractivity contribution in [1.82, 2.24) is 5.32 Å². The Bertz CT molecular complexity index is 565. The Kier molecular flexibility index (Phi) is 7.74. The van der Waals surface area contributed by atoms with Crippen LogP contribution in [0.25, 0.3) is 0 Å². The average Bonchev–Trinajstić information content (AvgIpc) is 2.47. The number of carbonyl (C=O) groups is 1. The van der Waals surface area contributed by atoms with Crippen LogP contribution in [-0.2, 0) is 16.1 Å². The van der Waals surface area contributed by atoms with Gasteiger partial charge < -0.3 is 20.3 Å². The molecule has 1 unspecified atom stereocenters. The topological polar surface area (TPSA) is 78.8 Å². The van der Waals surface area contributed by atoms with E-state index in [-0.39, 0.29) is 23.0 Å². The molecular weight excluding hydrogens is 318 g/mol. The summed E-state index contributed by atoms with van der Waals surface area (Å²) in [5.41, 5.74) is 0.373. The van der Waals surface area contributed by atoms with Crippen LogP contribution in [0.15, 0.2) is 18.2 Å². The van der Waals surface area contributed by atoms with Crippen molar-refractivity contribution >= 4 is 5.97 Å². The molecular formula is C20H33NO4. The first kappa shape index (κ1) is 21.3. The summed E-state index contributed by atoms with van der Waals surface area (Å²) < 4.78 is 5.36. The van der Waals surface area contributed by atoms with E-state index in [1.54, 1.807) is 12.1 Å². The third-order valence-electron chi connectivity index (χ3n) is 4.09. The monoisotopic (exact) mass is 351 g/mol. The minimum Gasteiger partial charge on any atom is -0.504 e. The number of hydrogen-bond acceptors (Lipinski definition) is 5. The molecule has 0 heterocycles. The zero-order valence-corrected chi connectivity index (χ0v) is 16.2. The lowest BCUT2D eigenvalue weighted by Crippen LogP contribution is -2.41. The highest BCUT2D eigenvalue weighted by Gasteiger charge is 2.23. The fourth-order valence-corrected chi connectivity index (χ4v) is 2.86. The maximum atomic E-state index is 11.9. The largest absolute Gasteiger partial charge is 0.504 e. The van der Waals surface area contributed by atoms with Gasteiger partial charge in [0.25, 0.3) is 0 Å². The van der Waals surface area contributed by atoms with Gasteiger partial charge >= 0.3 is 5.97 Å². The Balaban J connectivity index is 2.54. The molecule has 0 bridgehead atoms. The number of nitrogens with one attached hydrogen (secondary N) is 1. The van der Waals surface area contributed by atoms with E-state index in [0.717, 1.165) is 31.2 Å². The van der Waals surface area contributed by atoms with Crippen LogP contribution in [0.5, 0.6) is 11.5 Å². The number of phenols is 2. The van der Waals surface area contributed by atoms with E-state index in [0.29, 0.717) is 13.0 Å². The second-order valence-corrected chi connectivity index (χ2v) is 7.93. The lowest BCUT2D eigenvalue weighted by atomic mass is 9.89. The minimum atomic E-state index is -0.442. The van der Waals surface area contributed by atoms with Gasteiger partial charge in [0.1, 0.15) is 5.60 Å². The molecule has 3 N–H and O–H groups in total. The van der Waals surface area contributed by atoms with Crippen LogP contribution >= 0.6 is 0 Å². The van der Waals surface area contributed by atoms with E-state index in [1.807, 2.05) is 20.8 Å². The van der Waals surface area contributed by atoms with Gasteiger partial charge in [-0.25, -0.2) is 0 Å². The number of phenolic OH excluding ortho intramolecular Hbond substituents is 2. The fourth-order valence-electron chi connectivity index (χ4n) is 2.86. The molecule has 0 radical (unpaired) electrons. The molecule has 0 aromatic heterocycles. The van der Waals surface area contributed by atoms with Crippen molar-refractivity contribution in [2.24, 2.45) is 0 Å². The van der Waals surface area contributed by atoms with Crippen LogP contribution in [-0.4, -0.2) is 27.3 Å². The summed E-state index contributed by atoms with van der Waals surface area (Å²) in [5.74, 6) is -0.381. The SMILES string of the molecule is CCCC(C)(CCCC(=O)OC(C)(C)C)NCc1ccc(O)c(O)c1. The van der Waals surface area contributed by atoms with Crippen molar-refractivity contribution in [3.05, 3.63) is 23.8 Å². The lowest BCUT2D eigenvalue weighted by Gasteiger charge is -2.31. The third-order valence-corrected chi connectivity index (χ3v) is 4.09. The van der Waals surface area contributed by atoms with Gasteiger partial charge in [0.05, 0.1) is 0 Å². The minimum absolute atomic E-state index is 0.0930. The Morgan fingerprint density at radius 1 is 1.12 bits per heavy atom. The van der Waals surface area contributed by atoms with Crippen molar-refractivity contribution in [1.29, 1.82) is 0 Å². The molecule has 5 heteroatoms. The van der Waals surface area contributed by atoms with E-state index in [9.17, 15) is 15.0 Å². The lowest BCUT2D eigenvalue weighted by molar-refractivity contribution is -0.155. The van der Waals surface area contributed by atoms with Gasteiger partial charge in [0.15, 0.2) is 11.5 Å². The molecule has 0 fully saturated rings. The number of aromatic hydroxyl groups is 2. The van der Waals surface area contributed by atoms with E-state index < -0.39 is 5.60 Å². The fraction of sp³-hybridized carbons (Fsp3) is 0.650. The third kappa shape index (κ3) is 8.25. The molecule has 142 valence electrons. The summed E-state index contributed by atoms with van der Waals surface area (Å²) in [5, 5.41) is 22.5. The Labute approximate surface area is 151 Å². The normalized spacial score (nSPS) is 14.1. The second kappa shape index (κ2) is 9.09. The maximum Gasteiger partial charge on any atom is 0.306 e. The van der Waals surface area contributed by atoms with Crippen molar-refractivity contribution in [2.45, 2.75) is 84.4 Å². The quantitative estimate of drug-likeness (QED) is 0.458. The van der Waals surface area contributed by atoms with Gasteiger partial charge in [-0.05, 0) is 64.7 Å². The second-order valence-electron chi connectivity index (χ2n) is 7.93. The van der Waals surface area contributed by atoms with Gasteiger partial charge in [-0.15, -0.1) is 0 Å². The summed E-state index contributed by atoms with van der Waals surface area (Å²) in [4.78, 5) is 11.9. The molecule has 0 spiro atoms. The molecule has 0 saturated carbocycles. The van der Waals surface area contributed by atoms with Crippen LogP contribution in [0.1, 0.15) is 72.3 Å². The maximum absolute atomic E-state index is 11.9. The molecule has 0 aliphatic carbocycles. The molecule has 25 heavy (non-hydrogen) atoms. The molecule has 0 aliphatic rings. The van der Waals surface area contributed by atoms with E-state index in [1.165, 1.54) is 6.07 Å². The van der Waals surface area contributed by atoms with E-state index in [2.05, 4.69) is 19.2 Å². The molecule has 5 nitrogen and oxygen atoms in total. The first-order valence-corrected chi connectivity index (χ1v) is 9.02. The Morgan fingerprint density at radius 2 is 1.80 bits per heavy atom. The Hall–Kier alpha value is -1.75. The van der Waals surface area contributed by atoms with E-state index >= 15 is 0 Å². The summed E-state index contributed by atoms with van der Waals surface area (Å²) in [6.07, 6.45) is 4.07. The first-order valence-electron chi connectivity index (χ1n) is 9.02. The zero-order chi connectivity index (χ0) is 19.1. The molecule has 1 rings (SSSR count). The highest BCUT2D eigenvalue weighted by Crippen LogP contribution is 2.26. The van der Waals surface area contributed by atoms with E-state index in [4.69, 9.17) is 4.74 Å². The van der Waals surface area contributed by atoms with Crippen molar-refractivity contribution < 1.29 is 19.7 Å². The van der Waals surface area contributed by atoms with Crippen LogP contribution in [0, 0.1) is 0 Å². The summed E-state index contributed by atoms with van der Waals surface area (Å²) in [6.45, 7) is 10.5. The number of benzene rings is 1. The van der Waals surface area contributed by atoms with Crippen molar-refractivity contribution in [3.8, 4) is 11.5 Å². The molecule has 0 aliphatic heterocycles. The number of carbonyl (C=O) groups excluding carboxylic acids is 1. The van der Waals surface area contributed by atoms with Gasteiger partial charge in [-0.2, -0.15) is 0 Å². The molecule has 1 aromatic rings. The molecule has 1 atom stereocenters. The van der Waals surface area contributed by atoms with Gasteiger partial charge in [0, 0.05) is 18.5 Å². The Morgan fingerprint density at radius 3 is 2.36 bits per heavy atom. The van der Waals surface area contributed by atoms with Crippen LogP contribution in [0.3, 0.4) is 0 Å². The molecule has 0 saturated heterocycles. The predicted molar refractivity (Wildman–Crippen MR) is 99.6 cm³/mol. The number of hydrogen-bond donors (Lipinski definition) is 3. The number of rotatable bonds is 9. The summed E-state index contributed by atoms with van der Waals surface area (Å²) in [7, 11) is 0. The molecule has 1 aromatic carbocycles. The number of ether oxygens (including phenoxy) is 1. The van der Waals surface area contributed by atoms with Gasteiger partial charge in [0.2, 0.25) is 0 Å². The highest BCUT2D eigenvalue weighted by molar-refractivity contribution is 5.69. The predicted octanol–water partition coefficient (Wildman–Crippen LogP) is 4.26. The number of esters is 1. The van der Waals surface area contributed by atoms with Crippen molar-refractivity contribution in [3.63, 3.8) is 0 Å². The van der Waals surface area contributed by atoms with Crippen LogP contribution in [0.2, 0.25) is 0 Å². The van der Waals surface area contributed by atoms with Crippen LogP contribution in [0.4, 0.5) is 0 Å². The van der Waals surface area contributed by atoms with Gasteiger partial charge in [-0.1, -0.05) is 19.4 Å². The average molecular weight is 351 g/mol. The van der Waals surface area contributed by atoms with Crippen LogP contribution < -0.4 is 5.32 Å². The zero-order valence-electron chi connectivity index (χ0n) is 16.2. The van der Waals surface area contributed by atoms with Crippen molar-refractivity contribution in [2.75, 3.05) is 0 Å². The molecule has 0 amide bonds. The summed E-state index contributed by atoms with van der Waals surface area (Å²) in [6, 6.07) is 4.84.